The first-order chi connectivity index (χ1) is 8.25. The predicted molar refractivity (Wildman–Crippen MR) is 69.7 cm³/mol. The summed E-state index contributed by atoms with van der Waals surface area (Å²) in [5.41, 5.74) is 0.601. The van der Waals surface area contributed by atoms with E-state index < -0.39 is 0 Å². The molecular weight excluding hydrogens is 215 g/mol. The molecule has 1 aromatic carbocycles. The van der Waals surface area contributed by atoms with Crippen LogP contribution in [0.15, 0.2) is 24.3 Å². The van der Waals surface area contributed by atoms with E-state index in [0.29, 0.717) is 5.69 Å². The number of halogens is 1. The fraction of sp³-hybridized carbons (Fsp3) is 0.571. The van der Waals surface area contributed by atoms with Gasteiger partial charge in [-0.2, -0.15) is 0 Å². The van der Waals surface area contributed by atoms with E-state index in [-0.39, 0.29) is 5.82 Å². The summed E-state index contributed by atoms with van der Waals surface area (Å²) >= 11 is 0. The zero-order chi connectivity index (χ0) is 12.1. The van der Waals surface area contributed by atoms with E-state index in [9.17, 15) is 4.39 Å². The molecule has 3 heteroatoms. The Morgan fingerprint density at radius 1 is 1.35 bits per heavy atom. The van der Waals surface area contributed by atoms with Crippen LogP contribution in [0.2, 0.25) is 0 Å². The van der Waals surface area contributed by atoms with E-state index in [1.165, 1.54) is 31.9 Å². The number of anilines is 1. The molecule has 2 nitrogen and oxygen atoms in total. The first kappa shape index (κ1) is 12.4. The summed E-state index contributed by atoms with van der Waals surface area (Å²) in [5, 5.41) is 3.14. The number of nitrogens with zero attached hydrogens (tertiary/aromatic N) is 1. The van der Waals surface area contributed by atoms with E-state index in [1.54, 1.807) is 12.1 Å². The third-order valence-electron chi connectivity index (χ3n) is 3.48. The van der Waals surface area contributed by atoms with Crippen molar-refractivity contribution in [3.8, 4) is 0 Å². The molecule has 0 aliphatic heterocycles. The van der Waals surface area contributed by atoms with Crippen LogP contribution in [0.25, 0.3) is 0 Å². The molecule has 0 radical (unpaired) electrons. The Morgan fingerprint density at radius 3 is 2.76 bits per heavy atom. The molecule has 0 aromatic heterocycles. The Hall–Kier alpha value is -1.09. The highest BCUT2D eigenvalue weighted by Gasteiger charge is 2.18. The van der Waals surface area contributed by atoms with Gasteiger partial charge in [0.1, 0.15) is 5.82 Å². The SMILES string of the molecule is CN(CCNc1ccccc1F)CC1CCC1. The van der Waals surface area contributed by atoms with Gasteiger partial charge >= 0.3 is 0 Å². The van der Waals surface area contributed by atoms with Gasteiger partial charge in [-0.1, -0.05) is 18.6 Å². The number of hydrogen-bond acceptors (Lipinski definition) is 2. The van der Waals surface area contributed by atoms with Crippen molar-refractivity contribution in [3.63, 3.8) is 0 Å². The van der Waals surface area contributed by atoms with Gasteiger partial charge in [-0.3, -0.25) is 0 Å². The highest BCUT2D eigenvalue weighted by atomic mass is 19.1. The standard InChI is InChI=1S/C14H21FN2/c1-17(11-12-5-4-6-12)10-9-16-14-8-3-2-7-13(14)15/h2-3,7-8,12,16H,4-6,9-11H2,1H3. The Morgan fingerprint density at radius 2 is 2.12 bits per heavy atom. The van der Waals surface area contributed by atoms with E-state index >= 15 is 0 Å². The van der Waals surface area contributed by atoms with Crippen LogP contribution >= 0.6 is 0 Å². The Bertz CT molecular complexity index is 350. The lowest BCUT2D eigenvalue weighted by molar-refractivity contribution is 0.210. The summed E-state index contributed by atoms with van der Waals surface area (Å²) in [4.78, 5) is 2.33. The lowest BCUT2D eigenvalue weighted by atomic mass is 9.85. The summed E-state index contributed by atoms with van der Waals surface area (Å²) in [6.07, 6.45) is 4.15. The maximum atomic E-state index is 13.3. The summed E-state index contributed by atoms with van der Waals surface area (Å²) in [7, 11) is 2.14. The number of para-hydroxylation sites is 1. The number of rotatable bonds is 6. The summed E-state index contributed by atoms with van der Waals surface area (Å²) in [5.74, 6) is 0.725. The molecule has 0 bridgehead atoms. The lowest BCUT2D eigenvalue weighted by Gasteiger charge is -2.30. The first-order valence-corrected chi connectivity index (χ1v) is 6.42. The van der Waals surface area contributed by atoms with Crippen LogP contribution in [0.4, 0.5) is 10.1 Å². The van der Waals surface area contributed by atoms with Crippen molar-refractivity contribution >= 4 is 5.69 Å². The third kappa shape index (κ3) is 3.70. The van der Waals surface area contributed by atoms with Crippen LogP contribution in [-0.2, 0) is 0 Å². The zero-order valence-corrected chi connectivity index (χ0v) is 10.5. The van der Waals surface area contributed by atoms with Crippen molar-refractivity contribution in [3.05, 3.63) is 30.1 Å². The quantitative estimate of drug-likeness (QED) is 0.817. The minimum Gasteiger partial charge on any atom is -0.381 e. The van der Waals surface area contributed by atoms with Crippen LogP contribution < -0.4 is 5.32 Å². The zero-order valence-electron chi connectivity index (χ0n) is 10.5. The molecule has 1 aliphatic carbocycles. The van der Waals surface area contributed by atoms with Crippen molar-refractivity contribution < 1.29 is 4.39 Å². The average Bonchev–Trinajstić information content (AvgIpc) is 2.26. The molecule has 1 fully saturated rings. The van der Waals surface area contributed by atoms with Crippen molar-refractivity contribution in [1.29, 1.82) is 0 Å². The smallest absolute Gasteiger partial charge is 0.146 e. The van der Waals surface area contributed by atoms with E-state index in [4.69, 9.17) is 0 Å². The van der Waals surface area contributed by atoms with Crippen LogP contribution in [0.1, 0.15) is 19.3 Å². The fourth-order valence-corrected chi connectivity index (χ4v) is 2.19. The number of likely N-dealkylation sites (N-methyl/N-ethyl adjacent to an activating group) is 1. The topological polar surface area (TPSA) is 15.3 Å². The molecule has 1 N–H and O–H groups in total. The van der Waals surface area contributed by atoms with Gasteiger partial charge in [0.05, 0.1) is 5.69 Å². The molecular formula is C14H21FN2. The molecule has 1 aliphatic rings. The van der Waals surface area contributed by atoms with Crippen LogP contribution in [0.5, 0.6) is 0 Å². The van der Waals surface area contributed by atoms with Gasteiger partial charge in [0.2, 0.25) is 0 Å². The molecule has 0 amide bonds. The Balaban J connectivity index is 1.66. The predicted octanol–water partition coefficient (Wildman–Crippen LogP) is 2.97. The van der Waals surface area contributed by atoms with Gasteiger partial charge in [0, 0.05) is 19.6 Å². The van der Waals surface area contributed by atoms with Crippen LogP contribution in [-0.4, -0.2) is 31.6 Å². The molecule has 0 unspecified atom stereocenters. The second-order valence-electron chi connectivity index (χ2n) is 4.97. The first-order valence-electron chi connectivity index (χ1n) is 6.42. The molecule has 2 rings (SSSR count). The fourth-order valence-electron chi connectivity index (χ4n) is 2.19. The maximum Gasteiger partial charge on any atom is 0.146 e. The second-order valence-corrected chi connectivity index (χ2v) is 4.97. The van der Waals surface area contributed by atoms with Crippen molar-refractivity contribution in [2.24, 2.45) is 5.92 Å². The highest BCUT2D eigenvalue weighted by Crippen LogP contribution is 2.26. The number of benzene rings is 1. The van der Waals surface area contributed by atoms with Gasteiger partial charge in [0.25, 0.3) is 0 Å². The monoisotopic (exact) mass is 236 g/mol. The highest BCUT2D eigenvalue weighted by molar-refractivity contribution is 5.44. The largest absolute Gasteiger partial charge is 0.381 e. The number of nitrogens with one attached hydrogen (secondary N) is 1. The van der Waals surface area contributed by atoms with Crippen molar-refractivity contribution in [2.45, 2.75) is 19.3 Å². The van der Waals surface area contributed by atoms with Crippen molar-refractivity contribution in [2.75, 3.05) is 32.0 Å². The maximum absolute atomic E-state index is 13.3. The van der Waals surface area contributed by atoms with Gasteiger partial charge in [-0.05, 0) is 37.9 Å². The summed E-state index contributed by atoms with van der Waals surface area (Å²) in [6.45, 7) is 2.94. The molecule has 17 heavy (non-hydrogen) atoms. The lowest BCUT2D eigenvalue weighted by Crippen LogP contribution is -2.32. The molecule has 0 atom stereocenters. The van der Waals surface area contributed by atoms with Gasteiger partial charge in [-0.25, -0.2) is 4.39 Å². The van der Waals surface area contributed by atoms with Gasteiger partial charge in [0.15, 0.2) is 0 Å². The van der Waals surface area contributed by atoms with E-state index in [1.807, 2.05) is 6.07 Å². The number of hydrogen-bond donors (Lipinski definition) is 1. The minimum absolute atomic E-state index is 0.172. The summed E-state index contributed by atoms with van der Waals surface area (Å²) < 4.78 is 13.3. The van der Waals surface area contributed by atoms with Crippen molar-refractivity contribution in [1.82, 2.24) is 4.90 Å². The second kappa shape index (κ2) is 6.01. The molecule has 1 aromatic rings. The van der Waals surface area contributed by atoms with E-state index in [2.05, 4.69) is 17.3 Å². The molecule has 94 valence electrons. The van der Waals surface area contributed by atoms with E-state index in [0.717, 1.165) is 19.0 Å². The molecule has 0 saturated heterocycles. The Labute approximate surface area is 103 Å². The molecule has 0 spiro atoms. The molecule has 1 saturated carbocycles. The van der Waals surface area contributed by atoms with Crippen LogP contribution in [0, 0.1) is 11.7 Å². The summed E-state index contributed by atoms with van der Waals surface area (Å²) in [6, 6.07) is 6.83. The normalized spacial score (nSPS) is 15.9. The minimum atomic E-state index is -0.172. The Kier molecular flexibility index (Phi) is 4.37. The van der Waals surface area contributed by atoms with Crippen LogP contribution in [0.3, 0.4) is 0 Å². The average molecular weight is 236 g/mol. The third-order valence-corrected chi connectivity index (χ3v) is 3.48. The van der Waals surface area contributed by atoms with Gasteiger partial charge in [-0.15, -0.1) is 0 Å². The molecule has 0 heterocycles. The van der Waals surface area contributed by atoms with Gasteiger partial charge < -0.3 is 10.2 Å².